The Morgan fingerprint density at radius 3 is 2.53 bits per heavy atom. The molecule has 0 atom stereocenters. The van der Waals surface area contributed by atoms with Gasteiger partial charge in [-0.25, -0.2) is 0 Å². The van der Waals surface area contributed by atoms with Crippen LogP contribution in [0.2, 0.25) is 5.02 Å². The predicted molar refractivity (Wildman–Crippen MR) is 119 cm³/mol. The molecule has 3 rings (SSSR count). The Balaban J connectivity index is 1.98. The molecule has 2 aromatic carbocycles. The van der Waals surface area contributed by atoms with Crippen molar-refractivity contribution in [2.75, 3.05) is 27.2 Å². The maximum Gasteiger partial charge on any atom is 0.316 e. The summed E-state index contributed by atoms with van der Waals surface area (Å²) < 4.78 is 1.40. The molecule has 1 heterocycles. The molecule has 7 nitrogen and oxygen atoms in total. The summed E-state index contributed by atoms with van der Waals surface area (Å²) in [4.78, 5) is 43.7. The van der Waals surface area contributed by atoms with Crippen molar-refractivity contribution in [3.05, 3.63) is 79.3 Å². The minimum Gasteiger partial charge on any atom is -0.333 e. The number of fused-ring (bicyclic) bond motifs is 1. The van der Waals surface area contributed by atoms with Gasteiger partial charge >= 0.3 is 11.1 Å². The minimum atomic E-state index is -0.697. The predicted octanol–water partition coefficient (Wildman–Crippen LogP) is 2.57. The number of amides is 1. The largest absolute Gasteiger partial charge is 0.333 e. The van der Waals surface area contributed by atoms with Gasteiger partial charge in [0.25, 0.3) is 5.91 Å². The number of aromatic amines is 1. The van der Waals surface area contributed by atoms with E-state index in [9.17, 15) is 14.4 Å². The Morgan fingerprint density at radius 2 is 1.87 bits per heavy atom. The standard InChI is InChI=1S/C22H25ClN4O3/c1-4-27-19-9-8-16(13-18(19)24-20(28)22(27)30)21(29)26(11-10-25(2)3)14-15-6-5-7-17(23)12-15/h5-9,12-13H,4,10-11,14H2,1-3H3,(H,24,28). The Bertz CT molecular complexity index is 1180. The summed E-state index contributed by atoms with van der Waals surface area (Å²) in [6, 6.07) is 12.4. The average Bonchev–Trinajstić information content (AvgIpc) is 2.71. The van der Waals surface area contributed by atoms with Gasteiger partial charge in [-0.1, -0.05) is 23.7 Å². The first kappa shape index (κ1) is 21.8. The van der Waals surface area contributed by atoms with Gasteiger partial charge < -0.3 is 19.4 Å². The van der Waals surface area contributed by atoms with Crippen LogP contribution in [-0.4, -0.2) is 52.4 Å². The molecule has 30 heavy (non-hydrogen) atoms. The molecule has 158 valence electrons. The van der Waals surface area contributed by atoms with Gasteiger partial charge in [0.2, 0.25) is 0 Å². The number of H-pyrrole nitrogens is 1. The molecule has 0 bridgehead atoms. The van der Waals surface area contributed by atoms with Gasteiger partial charge in [-0.05, 0) is 56.9 Å². The lowest BCUT2D eigenvalue weighted by Crippen LogP contribution is -2.37. The molecule has 0 aliphatic heterocycles. The van der Waals surface area contributed by atoms with E-state index in [2.05, 4.69) is 4.98 Å². The smallest absolute Gasteiger partial charge is 0.316 e. The Kier molecular flexibility index (Phi) is 6.74. The van der Waals surface area contributed by atoms with Crippen LogP contribution in [0.5, 0.6) is 0 Å². The summed E-state index contributed by atoms with van der Waals surface area (Å²) >= 11 is 6.10. The zero-order valence-corrected chi connectivity index (χ0v) is 18.1. The van der Waals surface area contributed by atoms with E-state index in [1.54, 1.807) is 36.1 Å². The molecule has 0 spiro atoms. The lowest BCUT2D eigenvalue weighted by Gasteiger charge is -2.25. The van der Waals surface area contributed by atoms with E-state index >= 15 is 0 Å². The van der Waals surface area contributed by atoms with Crippen molar-refractivity contribution >= 4 is 28.5 Å². The van der Waals surface area contributed by atoms with Crippen molar-refractivity contribution in [3.63, 3.8) is 0 Å². The molecule has 8 heteroatoms. The summed E-state index contributed by atoms with van der Waals surface area (Å²) in [6.07, 6.45) is 0. The monoisotopic (exact) mass is 428 g/mol. The lowest BCUT2D eigenvalue weighted by atomic mass is 10.1. The molecule has 0 saturated heterocycles. The van der Waals surface area contributed by atoms with Crippen LogP contribution in [0.3, 0.4) is 0 Å². The van der Waals surface area contributed by atoms with Gasteiger partial charge in [-0.2, -0.15) is 0 Å². The highest BCUT2D eigenvalue weighted by molar-refractivity contribution is 6.30. The second kappa shape index (κ2) is 9.28. The van der Waals surface area contributed by atoms with Crippen LogP contribution >= 0.6 is 11.6 Å². The highest BCUT2D eigenvalue weighted by atomic mass is 35.5. The Labute approximate surface area is 179 Å². The number of rotatable bonds is 7. The molecule has 0 unspecified atom stereocenters. The number of aryl methyl sites for hydroxylation is 1. The van der Waals surface area contributed by atoms with E-state index in [1.807, 2.05) is 37.2 Å². The summed E-state index contributed by atoms with van der Waals surface area (Å²) in [7, 11) is 3.90. The summed E-state index contributed by atoms with van der Waals surface area (Å²) in [5, 5.41) is 0.619. The van der Waals surface area contributed by atoms with Gasteiger partial charge in [0.05, 0.1) is 11.0 Å². The van der Waals surface area contributed by atoms with Crippen molar-refractivity contribution in [1.29, 1.82) is 0 Å². The highest BCUT2D eigenvalue weighted by Crippen LogP contribution is 2.17. The second-order valence-electron chi connectivity index (χ2n) is 7.40. The summed E-state index contributed by atoms with van der Waals surface area (Å²) in [5.74, 6) is -0.158. The van der Waals surface area contributed by atoms with Crippen molar-refractivity contribution < 1.29 is 4.79 Å². The van der Waals surface area contributed by atoms with Crippen molar-refractivity contribution in [2.24, 2.45) is 0 Å². The molecule has 0 saturated carbocycles. The van der Waals surface area contributed by atoms with Gasteiger partial charge in [0.15, 0.2) is 0 Å². The molecule has 1 N–H and O–H groups in total. The number of nitrogens with zero attached hydrogens (tertiary/aromatic N) is 3. The fraction of sp³-hybridized carbons (Fsp3) is 0.318. The van der Waals surface area contributed by atoms with Crippen molar-refractivity contribution in [3.8, 4) is 0 Å². The van der Waals surface area contributed by atoms with Crippen molar-refractivity contribution in [2.45, 2.75) is 20.0 Å². The van der Waals surface area contributed by atoms with E-state index in [4.69, 9.17) is 11.6 Å². The van der Waals surface area contributed by atoms with Gasteiger partial charge in [-0.3, -0.25) is 14.4 Å². The van der Waals surface area contributed by atoms with E-state index in [1.165, 1.54) is 4.57 Å². The number of hydrogen-bond donors (Lipinski definition) is 1. The lowest BCUT2D eigenvalue weighted by molar-refractivity contribution is 0.0732. The zero-order chi connectivity index (χ0) is 21.8. The van der Waals surface area contributed by atoms with Gasteiger partial charge in [0.1, 0.15) is 0 Å². The van der Waals surface area contributed by atoms with Gasteiger partial charge in [0, 0.05) is 36.8 Å². The number of likely N-dealkylation sites (N-methyl/N-ethyl adjacent to an activating group) is 1. The first-order valence-electron chi connectivity index (χ1n) is 9.75. The second-order valence-corrected chi connectivity index (χ2v) is 7.83. The highest BCUT2D eigenvalue weighted by Gasteiger charge is 2.18. The van der Waals surface area contributed by atoms with E-state index < -0.39 is 11.1 Å². The molecule has 0 radical (unpaired) electrons. The van der Waals surface area contributed by atoms with Crippen LogP contribution < -0.4 is 11.1 Å². The maximum absolute atomic E-state index is 13.3. The maximum atomic E-state index is 13.3. The van der Waals surface area contributed by atoms with Crippen LogP contribution in [0.15, 0.2) is 52.1 Å². The normalized spacial score (nSPS) is 11.2. The molecule has 0 aliphatic carbocycles. The number of halogens is 1. The number of benzene rings is 2. The van der Waals surface area contributed by atoms with Gasteiger partial charge in [-0.15, -0.1) is 0 Å². The van der Waals surface area contributed by atoms with Crippen LogP contribution in [0.25, 0.3) is 11.0 Å². The SMILES string of the molecule is CCn1c(=O)c(=O)[nH]c2cc(C(=O)N(CCN(C)C)Cc3cccc(Cl)c3)ccc21. The number of carbonyl (C=O) groups excluding carboxylic acids is 1. The number of aromatic nitrogens is 2. The molecule has 3 aromatic rings. The van der Waals surface area contributed by atoms with Crippen LogP contribution in [0.4, 0.5) is 0 Å². The third-order valence-corrected chi connectivity index (χ3v) is 5.14. The molecule has 1 amide bonds. The summed E-state index contributed by atoms with van der Waals surface area (Å²) in [5.41, 5.74) is 1.13. The zero-order valence-electron chi connectivity index (χ0n) is 17.3. The van der Waals surface area contributed by atoms with Crippen LogP contribution in [-0.2, 0) is 13.1 Å². The number of hydrogen-bond acceptors (Lipinski definition) is 4. The number of nitrogens with one attached hydrogen (secondary N) is 1. The molecule has 1 aromatic heterocycles. The first-order chi connectivity index (χ1) is 14.3. The average molecular weight is 429 g/mol. The fourth-order valence-corrected chi connectivity index (χ4v) is 3.55. The third-order valence-electron chi connectivity index (χ3n) is 4.90. The fourth-order valence-electron chi connectivity index (χ4n) is 3.34. The Hall–Kier alpha value is -2.90. The topological polar surface area (TPSA) is 78.4 Å². The quantitative estimate of drug-likeness (QED) is 0.586. The van der Waals surface area contributed by atoms with Crippen LogP contribution in [0.1, 0.15) is 22.8 Å². The van der Waals surface area contributed by atoms with E-state index in [0.717, 1.165) is 5.56 Å². The van der Waals surface area contributed by atoms with Crippen LogP contribution in [0, 0.1) is 0 Å². The minimum absolute atomic E-state index is 0.158. The molecule has 0 aliphatic rings. The van der Waals surface area contributed by atoms with E-state index in [-0.39, 0.29) is 5.91 Å². The molecular formula is C22H25ClN4O3. The third kappa shape index (κ3) is 4.80. The van der Waals surface area contributed by atoms with Crippen molar-refractivity contribution in [1.82, 2.24) is 19.4 Å². The number of carbonyl (C=O) groups is 1. The molecular weight excluding hydrogens is 404 g/mol. The summed E-state index contributed by atoms with van der Waals surface area (Å²) in [6.45, 7) is 3.81. The first-order valence-corrected chi connectivity index (χ1v) is 10.1. The van der Waals surface area contributed by atoms with E-state index in [0.29, 0.717) is 47.8 Å². The Morgan fingerprint density at radius 1 is 1.10 bits per heavy atom. The molecule has 0 fully saturated rings.